The fourth-order valence-electron chi connectivity index (χ4n) is 1.30. The van der Waals surface area contributed by atoms with Crippen LogP contribution in [0.1, 0.15) is 31.5 Å². The van der Waals surface area contributed by atoms with Gasteiger partial charge in [0.15, 0.2) is 0 Å². The maximum atomic E-state index is 9.13. The molecule has 5 heteroatoms. The lowest BCUT2D eigenvalue weighted by Crippen LogP contribution is -2.16. The monoisotopic (exact) mass is 227 g/mol. The molecule has 0 aliphatic heterocycles. The van der Waals surface area contributed by atoms with Gasteiger partial charge in [0.1, 0.15) is 16.8 Å². The summed E-state index contributed by atoms with van der Waals surface area (Å²) in [5.41, 5.74) is 0. The SMILES string of the molecule is CC(O)CNc1cc(Cl)nc(C2CC2)n1. The van der Waals surface area contributed by atoms with Crippen molar-refractivity contribution < 1.29 is 5.11 Å². The van der Waals surface area contributed by atoms with E-state index in [2.05, 4.69) is 15.3 Å². The number of nitrogens with one attached hydrogen (secondary N) is 1. The molecule has 0 bridgehead atoms. The Balaban J connectivity index is 2.09. The summed E-state index contributed by atoms with van der Waals surface area (Å²) in [6.45, 7) is 2.19. The Morgan fingerprint density at radius 2 is 2.33 bits per heavy atom. The van der Waals surface area contributed by atoms with Crippen molar-refractivity contribution in [1.82, 2.24) is 9.97 Å². The van der Waals surface area contributed by atoms with Crippen molar-refractivity contribution in [3.63, 3.8) is 0 Å². The maximum absolute atomic E-state index is 9.13. The molecule has 2 N–H and O–H groups in total. The number of nitrogens with zero attached hydrogens (tertiary/aromatic N) is 2. The highest BCUT2D eigenvalue weighted by atomic mass is 35.5. The number of aliphatic hydroxyl groups excluding tert-OH is 1. The van der Waals surface area contributed by atoms with E-state index >= 15 is 0 Å². The Labute approximate surface area is 93.7 Å². The van der Waals surface area contributed by atoms with Crippen LogP contribution in [0.3, 0.4) is 0 Å². The van der Waals surface area contributed by atoms with Gasteiger partial charge in [0, 0.05) is 18.5 Å². The van der Waals surface area contributed by atoms with Gasteiger partial charge in [0.2, 0.25) is 0 Å². The normalized spacial score (nSPS) is 17.5. The molecule has 1 heterocycles. The quantitative estimate of drug-likeness (QED) is 0.771. The predicted octanol–water partition coefficient (Wildman–Crippen LogP) is 1.80. The van der Waals surface area contributed by atoms with E-state index in [9.17, 15) is 0 Å². The molecule has 1 aliphatic carbocycles. The van der Waals surface area contributed by atoms with E-state index in [0.29, 0.717) is 23.4 Å². The standard InChI is InChI=1S/C10H14ClN3O/c1-6(15)5-12-9-4-8(11)13-10(14-9)7-2-3-7/h4,6-7,15H,2-3,5H2,1H3,(H,12,13,14). The number of anilines is 1. The van der Waals surface area contributed by atoms with E-state index in [1.165, 1.54) is 0 Å². The molecule has 1 aromatic rings. The smallest absolute Gasteiger partial charge is 0.135 e. The van der Waals surface area contributed by atoms with Crippen LogP contribution in [0.15, 0.2) is 6.07 Å². The van der Waals surface area contributed by atoms with Gasteiger partial charge in [-0.25, -0.2) is 9.97 Å². The Hall–Kier alpha value is -0.870. The van der Waals surface area contributed by atoms with Crippen molar-refractivity contribution in [2.24, 2.45) is 0 Å². The fourth-order valence-corrected chi connectivity index (χ4v) is 1.49. The first kappa shape index (κ1) is 10.6. The minimum atomic E-state index is -0.400. The van der Waals surface area contributed by atoms with Crippen molar-refractivity contribution in [1.29, 1.82) is 0 Å². The molecule has 1 unspecified atom stereocenters. The van der Waals surface area contributed by atoms with Gasteiger partial charge < -0.3 is 10.4 Å². The summed E-state index contributed by atoms with van der Waals surface area (Å²) in [7, 11) is 0. The summed E-state index contributed by atoms with van der Waals surface area (Å²) in [6.07, 6.45) is 1.90. The molecule has 0 amide bonds. The summed E-state index contributed by atoms with van der Waals surface area (Å²) in [4.78, 5) is 8.52. The van der Waals surface area contributed by atoms with Crippen LogP contribution in [0.4, 0.5) is 5.82 Å². The summed E-state index contributed by atoms with van der Waals surface area (Å²) in [5.74, 6) is 1.99. The van der Waals surface area contributed by atoms with Crippen LogP contribution < -0.4 is 5.32 Å². The van der Waals surface area contributed by atoms with Gasteiger partial charge in [0.05, 0.1) is 6.10 Å². The zero-order valence-corrected chi connectivity index (χ0v) is 9.33. The number of rotatable bonds is 4. The number of aromatic nitrogens is 2. The van der Waals surface area contributed by atoms with Crippen LogP contribution in [0.5, 0.6) is 0 Å². The molecule has 2 rings (SSSR count). The molecule has 0 saturated heterocycles. The number of hydrogen-bond donors (Lipinski definition) is 2. The molecule has 1 aromatic heterocycles. The van der Waals surface area contributed by atoms with Crippen LogP contribution in [0.25, 0.3) is 0 Å². The van der Waals surface area contributed by atoms with Crippen molar-refractivity contribution in [2.45, 2.75) is 31.8 Å². The third kappa shape index (κ3) is 3.04. The van der Waals surface area contributed by atoms with Crippen LogP contribution in [-0.4, -0.2) is 27.7 Å². The molecule has 0 aromatic carbocycles. The summed E-state index contributed by atoms with van der Waals surface area (Å²) in [6, 6.07) is 1.68. The molecule has 82 valence electrons. The molecule has 4 nitrogen and oxygen atoms in total. The van der Waals surface area contributed by atoms with Crippen LogP contribution in [0, 0.1) is 0 Å². The summed E-state index contributed by atoms with van der Waals surface area (Å²) < 4.78 is 0. The zero-order chi connectivity index (χ0) is 10.8. The van der Waals surface area contributed by atoms with Gasteiger partial charge in [-0.1, -0.05) is 11.6 Å². The minimum Gasteiger partial charge on any atom is -0.392 e. The number of halogens is 1. The molecule has 1 aliphatic rings. The van der Waals surface area contributed by atoms with Crippen molar-refractivity contribution in [2.75, 3.05) is 11.9 Å². The first-order valence-electron chi connectivity index (χ1n) is 5.11. The van der Waals surface area contributed by atoms with Gasteiger partial charge in [0.25, 0.3) is 0 Å². The molecule has 15 heavy (non-hydrogen) atoms. The van der Waals surface area contributed by atoms with Gasteiger partial charge in [-0.05, 0) is 19.8 Å². The van der Waals surface area contributed by atoms with E-state index < -0.39 is 6.10 Å². The summed E-state index contributed by atoms with van der Waals surface area (Å²) in [5, 5.41) is 12.6. The third-order valence-electron chi connectivity index (χ3n) is 2.23. The van der Waals surface area contributed by atoms with E-state index in [1.54, 1.807) is 13.0 Å². The van der Waals surface area contributed by atoms with Crippen molar-refractivity contribution in [3.05, 3.63) is 17.0 Å². The lowest BCUT2D eigenvalue weighted by atomic mass is 10.3. The maximum Gasteiger partial charge on any atom is 0.135 e. The Morgan fingerprint density at radius 1 is 1.60 bits per heavy atom. The van der Waals surface area contributed by atoms with Gasteiger partial charge in [-0.2, -0.15) is 0 Å². The van der Waals surface area contributed by atoms with E-state index in [-0.39, 0.29) is 0 Å². The van der Waals surface area contributed by atoms with Gasteiger partial charge >= 0.3 is 0 Å². The lowest BCUT2D eigenvalue weighted by molar-refractivity contribution is 0.208. The number of aliphatic hydroxyl groups is 1. The van der Waals surface area contributed by atoms with Crippen LogP contribution in [0.2, 0.25) is 5.15 Å². The Kier molecular flexibility index (Phi) is 3.07. The van der Waals surface area contributed by atoms with E-state index in [0.717, 1.165) is 18.7 Å². The van der Waals surface area contributed by atoms with Crippen molar-refractivity contribution in [3.8, 4) is 0 Å². The molecule has 1 saturated carbocycles. The highest BCUT2D eigenvalue weighted by Gasteiger charge is 2.27. The first-order chi connectivity index (χ1) is 7.15. The Morgan fingerprint density at radius 3 is 2.93 bits per heavy atom. The van der Waals surface area contributed by atoms with E-state index in [1.807, 2.05) is 0 Å². The van der Waals surface area contributed by atoms with Gasteiger partial charge in [-0.3, -0.25) is 0 Å². The van der Waals surface area contributed by atoms with Crippen LogP contribution >= 0.6 is 11.6 Å². The molecule has 0 spiro atoms. The largest absolute Gasteiger partial charge is 0.392 e. The lowest BCUT2D eigenvalue weighted by Gasteiger charge is -2.08. The van der Waals surface area contributed by atoms with Gasteiger partial charge in [-0.15, -0.1) is 0 Å². The zero-order valence-electron chi connectivity index (χ0n) is 8.57. The molecule has 0 radical (unpaired) electrons. The minimum absolute atomic E-state index is 0.400. The second-order valence-electron chi connectivity index (χ2n) is 3.94. The molecule has 1 atom stereocenters. The van der Waals surface area contributed by atoms with E-state index in [4.69, 9.17) is 16.7 Å². The highest BCUT2D eigenvalue weighted by Crippen LogP contribution is 2.38. The topological polar surface area (TPSA) is 58.0 Å². The molecule has 1 fully saturated rings. The average Bonchev–Trinajstić information content (AvgIpc) is 2.97. The molecular weight excluding hydrogens is 214 g/mol. The van der Waals surface area contributed by atoms with Crippen molar-refractivity contribution >= 4 is 17.4 Å². The second-order valence-corrected chi connectivity index (χ2v) is 4.33. The van der Waals surface area contributed by atoms with Crippen LogP contribution in [-0.2, 0) is 0 Å². The summed E-state index contributed by atoms with van der Waals surface area (Å²) >= 11 is 5.88. The third-order valence-corrected chi connectivity index (χ3v) is 2.43. The fraction of sp³-hybridized carbons (Fsp3) is 0.600. The second kappa shape index (κ2) is 4.33. The first-order valence-corrected chi connectivity index (χ1v) is 5.49. The average molecular weight is 228 g/mol. The predicted molar refractivity (Wildman–Crippen MR) is 59.2 cm³/mol. The highest BCUT2D eigenvalue weighted by molar-refractivity contribution is 6.29. The number of hydrogen-bond acceptors (Lipinski definition) is 4. The molecular formula is C10H14ClN3O. The Bertz CT molecular complexity index is 353.